The zero-order valence-electron chi connectivity index (χ0n) is 19.1. The Labute approximate surface area is 202 Å². The zero-order chi connectivity index (χ0) is 24.2. The van der Waals surface area contributed by atoms with Crippen LogP contribution in [0.25, 0.3) is 0 Å². The molecule has 1 aliphatic heterocycles. The van der Waals surface area contributed by atoms with Gasteiger partial charge in [-0.25, -0.2) is 8.78 Å². The lowest BCUT2D eigenvalue weighted by Gasteiger charge is -2.39. The summed E-state index contributed by atoms with van der Waals surface area (Å²) in [6.45, 7) is 3.65. The fourth-order valence-corrected chi connectivity index (χ4v) is 4.54. The van der Waals surface area contributed by atoms with Crippen LogP contribution in [-0.4, -0.2) is 46.9 Å². The Balaban J connectivity index is 1.25. The normalized spacial score (nSPS) is 14.9. The second-order valence-electron chi connectivity index (χ2n) is 8.69. The SMILES string of the molecule is O=C(c1ccccc1)c1cc(CN2CCN(C(c3ccc(F)cc3)c3ccc(F)cc3)CC2)on1. The van der Waals surface area contributed by atoms with Crippen molar-refractivity contribution in [2.75, 3.05) is 26.2 Å². The molecule has 0 aliphatic carbocycles. The molecular formula is C28H25F2N3O2. The number of hydrogen-bond acceptors (Lipinski definition) is 5. The molecule has 3 aromatic carbocycles. The van der Waals surface area contributed by atoms with Crippen LogP contribution in [0.4, 0.5) is 8.78 Å². The van der Waals surface area contributed by atoms with Crippen LogP contribution in [0.5, 0.6) is 0 Å². The van der Waals surface area contributed by atoms with Crippen molar-refractivity contribution < 1.29 is 18.1 Å². The maximum atomic E-state index is 13.5. The number of benzene rings is 3. The number of carbonyl (C=O) groups excluding carboxylic acids is 1. The molecule has 5 nitrogen and oxygen atoms in total. The van der Waals surface area contributed by atoms with Gasteiger partial charge in [-0.1, -0.05) is 59.8 Å². The lowest BCUT2D eigenvalue weighted by Crippen LogP contribution is -2.47. The quantitative estimate of drug-likeness (QED) is 0.350. The molecule has 1 fully saturated rings. The van der Waals surface area contributed by atoms with Crippen molar-refractivity contribution in [3.8, 4) is 0 Å². The fourth-order valence-electron chi connectivity index (χ4n) is 4.54. The van der Waals surface area contributed by atoms with Crippen LogP contribution >= 0.6 is 0 Å². The van der Waals surface area contributed by atoms with Gasteiger partial charge < -0.3 is 4.52 Å². The van der Waals surface area contributed by atoms with Crippen molar-refractivity contribution in [3.05, 3.63) is 125 Å². The first kappa shape index (κ1) is 23.1. The third-order valence-corrected chi connectivity index (χ3v) is 6.35. The van der Waals surface area contributed by atoms with E-state index >= 15 is 0 Å². The number of aromatic nitrogens is 1. The lowest BCUT2D eigenvalue weighted by atomic mass is 9.96. The second-order valence-corrected chi connectivity index (χ2v) is 8.69. The van der Waals surface area contributed by atoms with Crippen molar-refractivity contribution >= 4 is 5.78 Å². The van der Waals surface area contributed by atoms with E-state index in [1.54, 1.807) is 42.5 Å². The fraction of sp³-hybridized carbons (Fsp3) is 0.214. The molecule has 5 rings (SSSR count). The Morgan fingerprint density at radius 2 is 1.40 bits per heavy atom. The molecular weight excluding hydrogens is 448 g/mol. The van der Waals surface area contributed by atoms with Crippen LogP contribution in [0.2, 0.25) is 0 Å². The Kier molecular flexibility index (Phi) is 6.79. The second kappa shape index (κ2) is 10.3. The van der Waals surface area contributed by atoms with E-state index < -0.39 is 0 Å². The van der Waals surface area contributed by atoms with Gasteiger partial charge in [0, 0.05) is 37.8 Å². The molecule has 7 heteroatoms. The highest BCUT2D eigenvalue weighted by atomic mass is 19.1. The van der Waals surface area contributed by atoms with E-state index in [1.165, 1.54) is 24.3 Å². The van der Waals surface area contributed by atoms with Gasteiger partial charge in [0.15, 0.2) is 11.5 Å². The molecule has 0 unspecified atom stereocenters. The number of hydrogen-bond donors (Lipinski definition) is 0. The molecule has 4 aromatic rings. The highest BCUT2D eigenvalue weighted by molar-refractivity contribution is 6.07. The van der Waals surface area contributed by atoms with Crippen LogP contribution in [-0.2, 0) is 6.54 Å². The number of nitrogens with zero attached hydrogens (tertiary/aromatic N) is 3. The molecule has 0 spiro atoms. The minimum absolute atomic E-state index is 0.0984. The van der Waals surface area contributed by atoms with Crippen molar-refractivity contribution in [3.63, 3.8) is 0 Å². The van der Waals surface area contributed by atoms with E-state index in [0.717, 1.165) is 37.3 Å². The van der Waals surface area contributed by atoms with E-state index in [9.17, 15) is 13.6 Å². The molecule has 0 N–H and O–H groups in total. The molecule has 0 radical (unpaired) electrons. The van der Waals surface area contributed by atoms with Crippen LogP contribution in [0.1, 0.15) is 39.0 Å². The summed E-state index contributed by atoms with van der Waals surface area (Å²) in [5.74, 6) is -0.0830. The molecule has 1 aliphatic rings. The van der Waals surface area contributed by atoms with E-state index in [4.69, 9.17) is 4.52 Å². The summed E-state index contributed by atoms with van der Waals surface area (Å²) in [6, 6.07) is 23.6. The Bertz CT molecular complexity index is 1220. The highest BCUT2D eigenvalue weighted by Crippen LogP contribution is 2.30. The van der Waals surface area contributed by atoms with E-state index in [1.807, 2.05) is 18.2 Å². The Morgan fingerprint density at radius 3 is 1.97 bits per heavy atom. The van der Waals surface area contributed by atoms with E-state index in [0.29, 0.717) is 23.6 Å². The number of halogens is 2. The van der Waals surface area contributed by atoms with Gasteiger partial charge in [0.25, 0.3) is 0 Å². The van der Waals surface area contributed by atoms with Crippen LogP contribution in [0, 0.1) is 11.6 Å². The third-order valence-electron chi connectivity index (χ3n) is 6.35. The van der Waals surface area contributed by atoms with Gasteiger partial charge in [0.1, 0.15) is 11.6 Å². The summed E-state index contributed by atoms with van der Waals surface area (Å²) in [5, 5.41) is 3.97. The minimum Gasteiger partial charge on any atom is -0.359 e. The van der Waals surface area contributed by atoms with Crippen LogP contribution in [0.3, 0.4) is 0 Å². The third kappa shape index (κ3) is 5.37. The van der Waals surface area contributed by atoms with Crippen LogP contribution < -0.4 is 0 Å². The van der Waals surface area contributed by atoms with Crippen molar-refractivity contribution in [1.82, 2.24) is 15.0 Å². The summed E-state index contributed by atoms with van der Waals surface area (Å²) in [7, 11) is 0. The van der Waals surface area contributed by atoms with E-state index in [-0.39, 0.29) is 23.5 Å². The van der Waals surface area contributed by atoms with Gasteiger partial charge in [-0.3, -0.25) is 14.6 Å². The summed E-state index contributed by atoms with van der Waals surface area (Å²) in [5.41, 5.74) is 2.81. The molecule has 35 heavy (non-hydrogen) atoms. The predicted octanol–water partition coefficient (Wildman–Crippen LogP) is 5.09. The maximum Gasteiger partial charge on any atom is 0.214 e. The number of carbonyl (C=O) groups is 1. The monoisotopic (exact) mass is 473 g/mol. The summed E-state index contributed by atoms with van der Waals surface area (Å²) >= 11 is 0. The first-order valence-electron chi connectivity index (χ1n) is 11.6. The van der Waals surface area contributed by atoms with Gasteiger partial charge in [-0.05, 0) is 35.4 Å². The van der Waals surface area contributed by atoms with Crippen molar-refractivity contribution in [1.29, 1.82) is 0 Å². The first-order chi connectivity index (χ1) is 17.1. The van der Waals surface area contributed by atoms with Gasteiger partial charge >= 0.3 is 0 Å². The molecule has 0 amide bonds. The molecule has 0 atom stereocenters. The topological polar surface area (TPSA) is 49.6 Å². The van der Waals surface area contributed by atoms with Gasteiger partial charge in [-0.15, -0.1) is 0 Å². The van der Waals surface area contributed by atoms with Gasteiger partial charge in [0.05, 0.1) is 12.6 Å². The molecule has 0 saturated carbocycles. The number of ketones is 1. The maximum absolute atomic E-state index is 13.5. The molecule has 0 bridgehead atoms. The lowest BCUT2D eigenvalue weighted by molar-refractivity contribution is 0.0976. The smallest absolute Gasteiger partial charge is 0.214 e. The molecule has 178 valence electrons. The predicted molar refractivity (Wildman–Crippen MR) is 128 cm³/mol. The van der Waals surface area contributed by atoms with Crippen molar-refractivity contribution in [2.45, 2.75) is 12.6 Å². The number of rotatable bonds is 7. The largest absolute Gasteiger partial charge is 0.359 e. The summed E-state index contributed by atoms with van der Waals surface area (Å²) in [6.07, 6.45) is 0. The standard InChI is InChI=1S/C28H25F2N3O2/c29-23-10-6-20(7-11-23)27(21-8-12-24(30)13-9-21)33-16-14-32(15-17-33)19-25-18-26(31-35-25)28(34)22-4-2-1-3-5-22/h1-13,18,27H,14-17,19H2. The first-order valence-corrected chi connectivity index (χ1v) is 11.6. The molecule has 2 heterocycles. The average molecular weight is 474 g/mol. The highest BCUT2D eigenvalue weighted by Gasteiger charge is 2.27. The van der Waals surface area contributed by atoms with E-state index in [2.05, 4.69) is 15.0 Å². The summed E-state index contributed by atoms with van der Waals surface area (Å²) in [4.78, 5) is 17.2. The van der Waals surface area contributed by atoms with Gasteiger partial charge in [-0.2, -0.15) is 0 Å². The number of piperazine rings is 1. The average Bonchev–Trinajstić information content (AvgIpc) is 3.36. The van der Waals surface area contributed by atoms with Crippen molar-refractivity contribution in [2.24, 2.45) is 0 Å². The minimum atomic E-state index is -0.284. The summed E-state index contributed by atoms with van der Waals surface area (Å²) < 4.78 is 32.5. The Morgan fingerprint density at radius 1 is 0.829 bits per heavy atom. The Hall–Kier alpha value is -3.68. The zero-order valence-corrected chi connectivity index (χ0v) is 19.1. The van der Waals surface area contributed by atoms with Gasteiger partial charge in [0.2, 0.25) is 5.78 Å². The molecule has 1 aromatic heterocycles. The molecule has 1 saturated heterocycles. The van der Waals surface area contributed by atoms with Crippen LogP contribution in [0.15, 0.2) is 89.5 Å².